The Bertz CT molecular complexity index is 746. The second-order valence-corrected chi connectivity index (χ2v) is 7.12. The summed E-state index contributed by atoms with van der Waals surface area (Å²) in [6, 6.07) is 7.36. The van der Waals surface area contributed by atoms with E-state index in [0.717, 1.165) is 11.4 Å². The predicted octanol–water partition coefficient (Wildman–Crippen LogP) is 2.38. The molecule has 0 aliphatic carbocycles. The predicted molar refractivity (Wildman–Crippen MR) is 105 cm³/mol. The van der Waals surface area contributed by atoms with Gasteiger partial charge >= 0.3 is 0 Å². The van der Waals surface area contributed by atoms with E-state index in [4.69, 9.17) is 11.6 Å². The molecule has 3 rings (SSSR count). The Balaban J connectivity index is 0.00000243. The van der Waals surface area contributed by atoms with Gasteiger partial charge < -0.3 is 15.7 Å². The van der Waals surface area contributed by atoms with E-state index in [1.807, 2.05) is 26.0 Å². The summed E-state index contributed by atoms with van der Waals surface area (Å²) < 4.78 is 1.78. The molecule has 26 heavy (non-hydrogen) atoms. The molecule has 0 spiro atoms. The second-order valence-electron chi connectivity index (χ2n) is 6.68. The largest absolute Gasteiger partial charge is 0.391 e. The van der Waals surface area contributed by atoms with Crippen LogP contribution in [0.5, 0.6) is 0 Å². The molecule has 1 aromatic carbocycles. The number of rotatable bonds is 5. The number of aliphatic hydroxyl groups is 1. The van der Waals surface area contributed by atoms with Gasteiger partial charge in [-0.1, -0.05) is 25.4 Å². The first-order chi connectivity index (χ1) is 12.0. The van der Waals surface area contributed by atoms with Crippen LogP contribution < -0.4 is 10.6 Å². The summed E-state index contributed by atoms with van der Waals surface area (Å²) in [6.07, 6.45) is 1.18. The van der Waals surface area contributed by atoms with Crippen LogP contribution in [0, 0.1) is 5.92 Å². The first-order valence-electron chi connectivity index (χ1n) is 8.48. The Hall–Kier alpha value is -1.60. The highest BCUT2D eigenvalue weighted by atomic mass is 35.5. The molecule has 0 radical (unpaired) electrons. The molecule has 1 aliphatic heterocycles. The van der Waals surface area contributed by atoms with Crippen LogP contribution in [-0.2, 0) is 0 Å². The fourth-order valence-electron chi connectivity index (χ4n) is 3.12. The van der Waals surface area contributed by atoms with Crippen molar-refractivity contribution in [3.63, 3.8) is 0 Å². The smallest absolute Gasteiger partial charge is 0.254 e. The number of halogens is 2. The van der Waals surface area contributed by atoms with Gasteiger partial charge in [-0.3, -0.25) is 4.79 Å². The lowest BCUT2D eigenvalue weighted by atomic mass is 10.0. The molecule has 1 amide bonds. The molecule has 2 unspecified atom stereocenters. The summed E-state index contributed by atoms with van der Waals surface area (Å²) >= 11 is 5.95. The highest BCUT2D eigenvalue weighted by Gasteiger charge is 2.26. The number of aliphatic hydroxyl groups excluding tert-OH is 1. The number of hydrogen-bond donors (Lipinski definition) is 3. The van der Waals surface area contributed by atoms with E-state index in [0.29, 0.717) is 30.2 Å². The summed E-state index contributed by atoms with van der Waals surface area (Å²) in [7, 11) is 0. The van der Waals surface area contributed by atoms with E-state index in [2.05, 4.69) is 15.7 Å². The van der Waals surface area contributed by atoms with Gasteiger partial charge in [-0.25, -0.2) is 4.68 Å². The number of β-amino-alcohol motifs (C(OH)–C–C–N with tert-alkyl or cyclic N) is 1. The van der Waals surface area contributed by atoms with E-state index in [-0.39, 0.29) is 30.2 Å². The first kappa shape index (κ1) is 20.7. The lowest BCUT2D eigenvalue weighted by Gasteiger charge is -2.16. The van der Waals surface area contributed by atoms with Gasteiger partial charge in [0.05, 0.1) is 29.2 Å². The molecule has 1 aliphatic rings. The summed E-state index contributed by atoms with van der Waals surface area (Å²) in [5, 5.41) is 21.0. The first-order valence-corrected chi connectivity index (χ1v) is 8.86. The van der Waals surface area contributed by atoms with Crippen molar-refractivity contribution >= 4 is 29.9 Å². The molecule has 142 valence electrons. The van der Waals surface area contributed by atoms with Crippen LogP contribution in [-0.4, -0.2) is 46.5 Å². The number of carbonyl (C=O) groups excluding carboxylic acids is 1. The van der Waals surface area contributed by atoms with Crippen molar-refractivity contribution in [2.24, 2.45) is 5.92 Å². The average Bonchev–Trinajstić information content (AvgIpc) is 3.20. The maximum absolute atomic E-state index is 12.6. The number of hydrogen-bond acceptors (Lipinski definition) is 4. The van der Waals surface area contributed by atoms with Crippen LogP contribution in [0.15, 0.2) is 30.5 Å². The lowest BCUT2D eigenvalue weighted by Crippen LogP contribution is -2.34. The molecule has 0 bridgehead atoms. The van der Waals surface area contributed by atoms with Crippen LogP contribution >= 0.6 is 24.0 Å². The number of nitrogens with one attached hydrogen (secondary N) is 2. The molecule has 1 fully saturated rings. The van der Waals surface area contributed by atoms with E-state index < -0.39 is 6.10 Å². The molecular formula is C18H24Cl2N4O2. The standard InChI is InChI=1S/C18H23ClN4O2.ClH/c1-11(2)17-15(18(25)21-8-12-7-20-10-16(12)24)9-22-23(17)14-5-3-13(19)4-6-14;/h3-6,9,11-12,16,20,24H,7-8,10H2,1-2H3,(H,21,25);1H. The van der Waals surface area contributed by atoms with Crippen molar-refractivity contribution in [2.45, 2.75) is 25.9 Å². The summed E-state index contributed by atoms with van der Waals surface area (Å²) in [4.78, 5) is 12.6. The van der Waals surface area contributed by atoms with Crippen molar-refractivity contribution in [3.8, 4) is 5.69 Å². The molecule has 6 nitrogen and oxygen atoms in total. The summed E-state index contributed by atoms with van der Waals surface area (Å²) in [5.41, 5.74) is 2.28. The molecule has 2 aromatic rings. The van der Waals surface area contributed by atoms with Gasteiger partial charge in [-0.2, -0.15) is 5.10 Å². The van der Waals surface area contributed by atoms with Crippen molar-refractivity contribution in [1.82, 2.24) is 20.4 Å². The molecule has 2 heterocycles. The van der Waals surface area contributed by atoms with Gasteiger partial charge in [-0.15, -0.1) is 12.4 Å². The Kier molecular flexibility index (Phi) is 7.06. The Labute approximate surface area is 164 Å². The molecule has 8 heteroatoms. The third kappa shape index (κ3) is 4.38. The van der Waals surface area contributed by atoms with Crippen molar-refractivity contribution < 1.29 is 9.90 Å². The SMILES string of the molecule is CC(C)c1c(C(=O)NCC2CNCC2O)cnn1-c1ccc(Cl)cc1.Cl. The monoisotopic (exact) mass is 398 g/mol. The molecule has 1 saturated heterocycles. The maximum Gasteiger partial charge on any atom is 0.254 e. The molecular weight excluding hydrogens is 375 g/mol. The van der Waals surface area contributed by atoms with Crippen molar-refractivity contribution in [1.29, 1.82) is 0 Å². The minimum absolute atomic E-state index is 0. The van der Waals surface area contributed by atoms with E-state index in [9.17, 15) is 9.90 Å². The minimum Gasteiger partial charge on any atom is -0.391 e. The van der Waals surface area contributed by atoms with Gasteiger partial charge in [0.1, 0.15) is 0 Å². The fraction of sp³-hybridized carbons (Fsp3) is 0.444. The molecule has 1 aromatic heterocycles. The zero-order valence-corrected chi connectivity index (χ0v) is 16.3. The molecule has 2 atom stereocenters. The average molecular weight is 399 g/mol. The normalized spacial score (nSPS) is 19.4. The highest BCUT2D eigenvalue weighted by molar-refractivity contribution is 6.30. The number of nitrogens with zero attached hydrogens (tertiary/aromatic N) is 2. The van der Waals surface area contributed by atoms with Crippen LogP contribution in [0.3, 0.4) is 0 Å². The van der Waals surface area contributed by atoms with Crippen LogP contribution in [0.2, 0.25) is 5.02 Å². The van der Waals surface area contributed by atoms with Crippen LogP contribution in [0.25, 0.3) is 5.69 Å². The fourth-order valence-corrected chi connectivity index (χ4v) is 3.25. The zero-order chi connectivity index (χ0) is 18.0. The number of amides is 1. The topological polar surface area (TPSA) is 79.2 Å². The van der Waals surface area contributed by atoms with Gasteiger partial charge in [0.2, 0.25) is 0 Å². The second kappa shape index (κ2) is 8.86. The third-order valence-corrected chi connectivity index (χ3v) is 4.75. The molecule has 0 saturated carbocycles. The third-order valence-electron chi connectivity index (χ3n) is 4.50. The lowest BCUT2D eigenvalue weighted by molar-refractivity contribution is 0.0925. The Morgan fingerprint density at radius 2 is 2.08 bits per heavy atom. The van der Waals surface area contributed by atoms with Crippen molar-refractivity contribution in [2.75, 3.05) is 19.6 Å². The minimum atomic E-state index is -0.415. The van der Waals surface area contributed by atoms with Gasteiger partial charge in [0.25, 0.3) is 5.91 Å². The summed E-state index contributed by atoms with van der Waals surface area (Å²) in [6.45, 7) is 5.79. The number of benzene rings is 1. The number of carbonyl (C=O) groups is 1. The Morgan fingerprint density at radius 3 is 2.65 bits per heavy atom. The highest BCUT2D eigenvalue weighted by Crippen LogP contribution is 2.24. The van der Waals surface area contributed by atoms with Gasteiger partial charge in [-0.05, 0) is 30.2 Å². The van der Waals surface area contributed by atoms with Gasteiger partial charge in [0.15, 0.2) is 0 Å². The van der Waals surface area contributed by atoms with Crippen LogP contribution in [0.4, 0.5) is 0 Å². The van der Waals surface area contributed by atoms with Crippen LogP contribution in [0.1, 0.15) is 35.8 Å². The summed E-state index contributed by atoms with van der Waals surface area (Å²) in [5.74, 6) is -0.00145. The Morgan fingerprint density at radius 1 is 1.38 bits per heavy atom. The number of aromatic nitrogens is 2. The van der Waals surface area contributed by atoms with Crippen molar-refractivity contribution in [3.05, 3.63) is 46.7 Å². The zero-order valence-electron chi connectivity index (χ0n) is 14.8. The molecule has 3 N–H and O–H groups in total. The van der Waals surface area contributed by atoms with Gasteiger partial charge in [0, 0.05) is 30.6 Å². The van der Waals surface area contributed by atoms with E-state index in [1.54, 1.807) is 23.0 Å². The van der Waals surface area contributed by atoms with E-state index >= 15 is 0 Å². The quantitative estimate of drug-likeness (QED) is 0.722. The van der Waals surface area contributed by atoms with E-state index in [1.165, 1.54) is 0 Å². The maximum atomic E-state index is 12.6.